The number of carbonyl (C=O) groups is 3. The standard InChI is InChI=1S/C25H28F2N2O5/c1-14(2)20(12-23(31)32)28-22(30)11-21(24(26)27)29-25(33)34-13-19-17-9-5-3-7-15(17)16-8-4-6-10-18(16)19/h3-10,14,19-21,24H,11-13H2,1-2H3,(H,28,30)(H,29,33)(H,31,32)/t20-,21?/m1/s1. The largest absolute Gasteiger partial charge is 0.481 e. The minimum atomic E-state index is -3.01. The van der Waals surface area contributed by atoms with E-state index in [9.17, 15) is 23.2 Å². The lowest BCUT2D eigenvalue weighted by molar-refractivity contribution is -0.138. The first kappa shape index (κ1) is 25.1. The number of alkyl halides is 2. The smallest absolute Gasteiger partial charge is 0.407 e. The van der Waals surface area contributed by atoms with E-state index in [0.717, 1.165) is 22.3 Å². The highest BCUT2D eigenvalue weighted by Gasteiger charge is 2.31. The lowest BCUT2D eigenvalue weighted by atomic mass is 9.98. The quantitative estimate of drug-likeness (QED) is 0.480. The number of fused-ring (bicyclic) bond motifs is 3. The summed E-state index contributed by atoms with van der Waals surface area (Å²) in [5.41, 5.74) is 4.05. The molecule has 0 spiro atoms. The number of hydrogen-bond donors (Lipinski definition) is 3. The van der Waals surface area contributed by atoms with Crippen LogP contribution in [-0.4, -0.2) is 48.2 Å². The molecule has 182 valence electrons. The molecule has 34 heavy (non-hydrogen) atoms. The minimum Gasteiger partial charge on any atom is -0.481 e. The third-order valence-electron chi connectivity index (χ3n) is 5.90. The van der Waals surface area contributed by atoms with Crippen LogP contribution < -0.4 is 10.6 Å². The Morgan fingerprint density at radius 3 is 1.97 bits per heavy atom. The Bertz CT molecular complexity index is 998. The molecular weight excluding hydrogens is 446 g/mol. The van der Waals surface area contributed by atoms with Gasteiger partial charge in [0.1, 0.15) is 12.6 Å². The monoisotopic (exact) mass is 474 g/mol. The Labute approximate surface area is 196 Å². The first-order valence-corrected chi connectivity index (χ1v) is 11.1. The van der Waals surface area contributed by atoms with E-state index in [4.69, 9.17) is 9.84 Å². The number of nitrogens with one attached hydrogen (secondary N) is 2. The van der Waals surface area contributed by atoms with Crippen LogP contribution in [0.25, 0.3) is 11.1 Å². The molecule has 0 bridgehead atoms. The average molecular weight is 475 g/mol. The molecule has 3 N–H and O–H groups in total. The van der Waals surface area contributed by atoms with Crippen molar-refractivity contribution in [1.82, 2.24) is 10.6 Å². The van der Waals surface area contributed by atoms with Gasteiger partial charge in [-0.2, -0.15) is 0 Å². The number of ether oxygens (including phenoxy) is 1. The van der Waals surface area contributed by atoms with Crippen molar-refractivity contribution in [3.05, 3.63) is 59.7 Å². The van der Waals surface area contributed by atoms with Crippen molar-refractivity contribution in [3.8, 4) is 11.1 Å². The topological polar surface area (TPSA) is 105 Å². The number of rotatable bonds is 10. The molecule has 2 atom stereocenters. The number of hydrogen-bond acceptors (Lipinski definition) is 4. The zero-order chi connectivity index (χ0) is 24.8. The van der Waals surface area contributed by atoms with Gasteiger partial charge in [-0.05, 0) is 28.2 Å². The van der Waals surface area contributed by atoms with E-state index < -0.39 is 42.9 Å². The highest BCUT2D eigenvalue weighted by atomic mass is 19.3. The van der Waals surface area contributed by atoms with Gasteiger partial charge < -0.3 is 20.5 Å². The molecule has 9 heteroatoms. The molecule has 1 aliphatic carbocycles. The summed E-state index contributed by atoms with van der Waals surface area (Å²) in [7, 11) is 0. The maximum absolute atomic E-state index is 13.5. The van der Waals surface area contributed by atoms with Gasteiger partial charge in [0.15, 0.2) is 0 Å². The molecule has 2 aromatic rings. The van der Waals surface area contributed by atoms with Gasteiger partial charge in [-0.15, -0.1) is 0 Å². The van der Waals surface area contributed by atoms with Crippen LogP contribution in [0.5, 0.6) is 0 Å². The lowest BCUT2D eigenvalue weighted by Crippen LogP contribution is -2.47. The molecule has 2 amide bonds. The molecule has 3 rings (SSSR count). The zero-order valence-corrected chi connectivity index (χ0v) is 19.0. The fraction of sp³-hybridized carbons (Fsp3) is 0.400. The van der Waals surface area contributed by atoms with Crippen LogP contribution in [0.4, 0.5) is 13.6 Å². The van der Waals surface area contributed by atoms with Gasteiger partial charge in [0.25, 0.3) is 6.43 Å². The number of amides is 2. The van der Waals surface area contributed by atoms with Gasteiger partial charge in [0, 0.05) is 12.0 Å². The Morgan fingerprint density at radius 1 is 0.912 bits per heavy atom. The van der Waals surface area contributed by atoms with Crippen LogP contribution >= 0.6 is 0 Å². The van der Waals surface area contributed by atoms with Crippen LogP contribution in [0.2, 0.25) is 0 Å². The van der Waals surface area contributed by atoms with E-state index in [2.05, 4.69) is 10.6 Å². The van der Waals surface area contributed by atoms with Gasteiger partial charge in [-0.25, -0.2) is 13.6 Å². The number of aliphatic carboxylic acids is 1. The number of alkyl carbamates (subject to hydrolysis) is 1. The van der Waals surface area contributed by atoms with E-state index in [-0.39, 0.29) is 24.9 Å². The molecule has 0 radical (unpaired) electrons. The van der Waals surface area contributed by atoms with Crippen molar-refractivity contribution in [2.75, 3.05) is 6.61 Å². The second-order valence-electron chi connectivity index (χ2n) is 8.63. The molecule has 2 aromatic carbocycles. The van der Waals surface area contributed by atoms with Crippen LogP contribution in [0, 0.1) is 5.92 Å². The van der Waals surface area contributed by atoms with E-state index in [1.807, 2.05) is 48.5 Å². The summed E-state index contributed by atoms with van der Waals surface area (Å²) in [6.45, 7) is 3.39. The zero-order valence-electron chi connectivity index (χ0n) is 19.0. The predicted molar refractivity (Wildman–Crippen MR) is 122 cm³/mol. The number of halogens is 2. The fourth-order valence-electron chi connectivity index (χ4n) is 4.10. The third-order valence-corrected chi connectivity index (χ3v) is 5.90. The molecule has 0 aliphatic heterocycles. The predicted octanol–water partition coefficient (Wildman–Crippen LogP) is 4.16. The van der Waals surface area contributed by atoms with E-state index in [0.29, 0.717) is 0 Å². The highest BCUT2D eigenvalue weighted by molar-refractivity contribution is 5.80. The summed E-state index contributed by atoms with van der Waals surface area (Å²) < 4.78 is 32.3. The van der Waals surface area contributed by atoms with Crippen molar-refractivity contribution in [2.24, 2.45) is 5.92 Å². The first-order chi connectivity index (χ1) is 16.2. The summed E-state index contributed by atoms with van der Waals surface area (Å²) >= 11 is 0. The maximum Gasteiger partial charge on any atom is 0.407 e. The summed E-state index contributed by atoms with van der Waals surface area (Å²) in [6, 6.07) is 13.0. The van der Waals surface area contributed by atoms with Crippen LogP contribution in [0.3, 0.4) is 0 Å². The molecule has 0 heterocycles. The van der Waals surface area contributed by atoms with Crippen LogP contribution in [0.1, 0.15) is 43.7 Å². The van der Waals surface area contributed by atoms with Crippen molar-refractivity contribution in [2.45, 2.75) is 51.1 Å². The molecule has 0 aromatic heterocycles. The molecule has 7 nitrogen and oxygen atoms in total. The first-order valence-electron chi connectivity index (χ1n) is 11.1. The molecule has 0 saturated carbocycles. The van der Waals surface area contributed by atoms with Gasteiger partial charge in [0.2, 0.25) is 5.91 Å². The van der Waals surface area contributed by atoms with E-state index in [1.54, 1.807) is 13.8 Å². The second kappa shape index (κ2) is 11.1. The SMILES string of the molecule is CC(C)[C@@H](CC(=O)O)NC(=O)CC(NC(=O)OCC1c2ccccc2-c2ccccc21)C(F)F. The number of carbonyl (C=O) groups excluding carboxylic acids is 2. The number of carboxylic acids is 1. The van der Waals surface area contributed by atoms with Crippen LogP contribution in [0.15, 0.2) is 48.5 Å². The lowest BCUT2D eigenvalue weighted by Gasteiger charge is -2.23. The van der Waals surface area contributed by atoms with Crippen LogP contribution in [-0.2, 0) is 14.3 Å². The minimum absolute atomic E-state index is 0.0456. The van der Waals surface area contributed by atoms with Gasteiger partial charge >= 0.3 is 12.1 Å². The van der Waals surface area contributed by atoms with Crippen molar-refractivity contribution >= 4 is 18.0 Å². The second-order valence-corrected chi connectivity index (χ2v) is 8.63. The molecule has 0 fully saturated rings. The van der Waals surface area contributed by atoms with Gasteiger partial charge in [-0.3, -0.25) is 9.59 Å². The Hall–Kier alpha value is -3.49. The summed E-state index contributed by atoms with van der Waals surface area (Å²) in [5.74, 6) is -2.32. The fourth-order valence-corrected chi connectivity index (χ4v) is 4.10. The Balaban J connectivity index is 1.59. The Morgan fingerprint density at radius 2 is 1.47 bits per heavy atom. The van der Waals surface area contributed by atoms with E-state index >= 15 is 0 Å². The molecule has 1 aliphatic rings. The van der Waals surface area contributed by atoms with Gasteiger partial charge in [0.05, 0.1) is 12.8 Å². The summed E-state index contributed by atoms with van der Waals surface area (Å²) in [6.07, 6.45) is -5.10. The molecular formula is C25H28F2N2O5. The molecule has 0 saturated heterocycles. The number of carboxylic acid groups (broad SMARTS) is 1. The summed E-state index contributed by atoms with van der Waals surface area (Å²) in [5, 5.41) is 13.5. The van der Waals surface area contributed by atoms with Crippen molar-refractivity contribution in [3.63, 3.8) is 0 Å². The Kier molecular flexibility index (Phi) is 8.20. The maximum atomic E-state index is 13.5. The van der Waals surface area contributed by atoms with Crippen molar-refractivity contribution < 1.29 is 33.0 Å². The number of benzene rings is 2. The van der Waals surface area contributed by atoms with Crippen molar-refractivity contribution in [1.29, 1.82) is 0 Å². The normalized spacial score (nSPS) is 14.3. The van der Waals surface area contributed by atoms with Gasteiger partial charge in [-0.1, -0.05) is 62.4 Å². The average Bonchev–Trinajstić information content (AvgIpc) is 3.10. The summed E-state index contributed by atoms with van der Waals surface area (Å²) in [4.78, 5) is 35.5. The highest BCUT2D eigenvalue weighted by Crippen LogP contribution is 2.44. The van der Waals surface area contributed by atoms with E-state index in [1.165, 1.54) is 0 Å². The molecule has 1 unspecified atom stereocenters. The third kappa shape index (κ3) is 6.09.